The predicted octanol–water partition coefficient (Wildman–Crippen LogP) is 1.18. The lowest BCUT2D eigenvalue weighted by atomic mass is 10.0. The van der Waals surface area contributed by atoms with Crippen LogP contribution in [0.25, 0.3) is 0 Å². The number of nitrogens with two attached hydrogens (primary N) is 1. The summed E-state index contributed by atoms with van der Waals surface area (Å²) in [6.07, 6.45) is 1.86. The van der Waals surface area contributed by atoms with Gasteiger partial charge in [0, 0.05) is 24.8 Å². The van der Waals surface area contributed by atoms with Gasteiger partial charge >= 0.3 is 0 Å². The molecule has 0 radical (unpaired) electrons. The van der Waals surface area contributed by atoms with Crippen molar-refractivity contribution in [3.05, 3.63) is 29.8 Å². The molecule has 0 spiro atoms. The van der Waals surface area contributed by atoms with Crippen LogP contribution in [0.3, 0.4) is 0 Å². The molecule has 5 heteroatoms. The minimum absolute atomic E-state index is 0. The van der Waals surface area contributed by atoms with E-state index in [1.165, 1.54) is 5.56 Å². The van der Waals surface area contributed by atoms with Crippen molar-refractivity contribution < 1.29 is 10.2 Å². The third kappa shape index (κ3) is 6.25. The molecule has 0 aliphatic heterocycles. The van der Waals surface area contributed by atoms with Crippen molar-refractivity contribution in [1.29, 1.82) is 0 Å². The van der Waals surface area contributed by atoms with E-state index < -0.39 is 0 Å². The quantitative estimate of drug-likeness (QED) is 0.672. The monoisotopic (exact) mass is 288 g/mol. The van der Waals surface area contributed by atoms with Crippen molar-refractivity contribution in [2.75, 3.05) is 31.2 Å². The van der Waals surface area contributed by atoms with Gasteiger partial charge in [-0.15, -0.1) is 12.4 Å². The molecule has 1 aromatic carbocycles. The summed E-state index contributed by atoms with van der Waals surface area (Å²) in [5, 5.41) is 18.0. The molecule has 1 atom stereocenters. The van der Waals surface area contributed by atoms with Crippen LogP contribution in [-0.2, 0) is 6.42 Å². The zero-order valence-electron chi connectivity index (χ0n) is 11.5. The van der Waals surface area contributed by atoms with Crippen LogP contribution >= 0.6 is 12.4 Å². The van der Waals surface area contributed by atoms with E-state index in [9.17, 15) is 0 Å². The molecule has 4 nitrogen and oxygen atoms in total. The van der Waals surface area contributed by atoms with Gasteiger partial charge in [-0.25, -0.2) is 0 Å². The summed E-state index contributed by atoms with van der Waals surface area (Å²) in [5.41, 5.74) is 8.17. The van der Waals surface area contributed by atoms with Crippen LogP contribution in [0, 0.1) is 0 Å². The van der Waals surface area contributed by atoms with E-state index in [0.717, 1.165) is 18.5 Å². The van der Waals surface area contributed by atoms with Gasteiger partial charge in [0.25, 0.3) is 0 Å². The Balaban J connectivity index is 0.00000324. The van der Waals surface area contributed by atoms with E-state index in [0.29, 0.717) is 13.1 Å². The first-order valence-corrected chi connectivity index (χ1v) is 6.52. The first-order chi connectivity index (χ1) is 8.71. The van der Waals surface area contributed by atoms with E-state index in [4.69, 9.17) is 15.9 Å². The number of rotatable bonds is 8. The highest BCUT2D eigenvalue weighted by molar-refractivity contribution is 5.85. The molecular weight excluding hydrogens is 264 g/mol. The van der Waals surface area contributed by atoms with Crippen LogP contribution < -0.4 is 10.6 Å². The predicted molar refractivity (Wildman–Crippen MR) is 82.0 cm³/mol. The average Bonchev–Trinajstić information content (AvgIpc) is 2.39. The number of nitrogens with zero attached hydrogens (tertiary/aromatic N) is 1. The largest absolute Gasteiger partial charge is 0.395 e. The highest BCUT2D eigenvalue weighted by Gasteiger charge is 2.06. The molecule has 0 amide bonds. The second-order valence-corrected chi connectivity index (χ2v) is 4.47. The number of aliphatic hydroxyl groups excluding tert-OH is 2. The smallest absolute Gasteiger partial charge is 0.0606 e. The van der Waals surface area contributed by atoms with E-state index in [1.54, 1.807) is 0 Å². The van der Waals surface area contributed by atoms with Crippen molar-refractivity contribution in [1.82, 2.24) is 0 Å². The summed E-state index contributed by atoms with van der Waals surface area (Å²) in [6, 6.07) is 8.37. The van der Waals surface area contributed by atoms with Crippen LogP contribution in [0.15, 0.2) is 24.3 Å². The molecule has 1 rings (SSSR count). The van der Waals surface area contributed by atoms with Gasteiger partial charge in [-0.2, -0.15) is 0 Å². The number of halogens is 1. The Morgan fingerprint density at radius 1 is 1.11 bits per heavy atom. The summed E-state index contributed by atoms with van der Waals surface area (Å²) < 4.78 is 0. The Morgan fingerprint density at radius 3 is 2.05 bits per heavy atom. The molecule has 1 aromatic rings. The van der Waals surface area contributed by atoms with Crippen LogP contribution in [-0.4, -0.2) is 42.6 Å². The molecule has 0 aliphatic carbocycles. The van der Waals surface area contributed by atoms with E-state index in [2.05, 4.69) is 19.1 Å². The standard InChI is InChI=1S/C14H24N2O2.ClH/c1-2-13(15)11-12-3-5-14(6-4-12)16(7-9-17)8-10-18;/h3-6,13,17-18H,2,7-11,15H2,1H3;1H. The minimum Gasteiger partial charge on any atom is -0.395 e. The minimum atomic E-state index is 0. The van der Waals surface area contributed by atoms with Crippen molar-refractivity contribution in [3.8, 4) is 0 Å². The van der Waals surface area contributed by atoms with Crippen molar-refractivity contribution >= 4 is 18.1 Å². The van der Waals surface area contributed by atoms with E-state index in [1.807, 2.05) is 17.0 Å². The van der Waals surface area contributed by atoms with Crippen molar-refractivity contribution in [2.45, 2.75) is 25.8 Å². The molecule has 19 heavy (non-hydrogen) atoms. The Hall–Kier alpha value is -0.810. The molecular formula is C14H25ClN2O2. The molecule has 0 bridgehead atoms. The number of aliphatic hydroxyl groups is 2. The SMILES string of the molecule is CCC(N)Cc1ccc(N(CCO)CCO)cc1.Cl. The Bertz CT molecular complexity index is 327. The van der Waals surface area contributed by atoms with Gasteiger partial charge in [0.1, 0.15) is 0 Å². The molecule has 0 aliphatic rings. The topological polar surface area (TPSA) is 69.7 Å². The average molecular weight is 289 g/mol. The fourth-order valence-corrected chi connectivity index (χ4v) is 1.90. The second kappa shape index (κ2) is 10.0. The molecule has 0 saturated heterocycles. The third-order valence-electron chi connectivity index (χ3n) is 3.06. The highest BCUT2D eigenvalue weighted by Crippen LogP contribution is 2.16. The van der Waals surface area contributed by atoms with Gasteiger partial charge in [-0.05, 0) is 30.5 Å². The van der Waals surface area contributed by atoms with Crippen LogP contribution in [0.5, 0.6) is 0 Å². The summed E-state index contributed by atoms with van der Waals surface area (Å²) >= 11 is 0. The van der Waals surface area contributed by atoms with Gasteiger partial charge in [0.2, 0.25) is 0 Å². The van der Waals surface area contributed by atoms with Crippen LogP contribution in [0.4, 0.5) is 5.69 Å². The Kier molecular flexibility index (Phi) is 9.61. The normalized spacial score (nSPS) is 11.8. The number of benzene rings is 1. The first-order valence-electron chi connectivity index (χ1n) is 6.52. The summed E-state index contributed by atoms with van der Waals surface area (Å²) in [6.45, 7) is 3.33. The third-order valence-corrected chi connectivity index (χ3v) is 3.06. The maximum atomic E-state index is 8.99. The number of anilines is 1. The number of hydrogen-bond acceptors (Lipinski definition) is 4. The van der Waals surface area contributed by atoms with Crippen molar-refractivity contribution in [3.63, 3.8) is 0 Å². The van der Waals surface area contributed by atoms with E-state index >= 15 is 0 Å². The molecule has 4 N–H and O–H groups in total. The van der Waals surface area contributed by atoms with Gasteiger partial charge in [-0.1, -0.05) is 19.1 Å². The summed E-state index contributed by atoms with van der Waals surface area (Å²) in [4.78, 5) is 1.96. The lowest BCUT2D eigenvalue weighted by Gasteiger charge is -2.23. The Morgan fingerprint density at radius 2 is 1.63 bits per heavy atom. The van der Waals surface area contributed by atoms with Gasteiger partial charge in [0.05, 0.1) is 13.2 Å². The van der Waals surface area contributed by atoms with Crippen LogP contribution in [0.2, 0.25) is 0 Å². The Labute approximate surface area is 121 Å². The zero-order chi connectivity index (χ0) is 13.4. The van der Waals surface area contributed by atoms with Crippen molar-refractivity contribution in [2.24, 2.45) is 5.73 Å². The van der Waals surface area contributed by atoms with Crippen LogP contribution in [0.1, 0.15) is 18.9 Å². The highest BCUT2D eigenvalue weighted by atomic mass is 35.5. The maximum absolute atomic E-state index is 8.99. The maximum Gasteiger partial charge on any atom is 0.0606 e. The second-order valence-electron chi connectivity index (χ2n) is 4.47. The molecule has 0 heterocycles. The molecule has 0 fully saturated rings. The molecule has 110 valence electrons. The zero-order valence-corrected chi connectivity index (χ0v) is 12.3. The summed E-state index contributed by atoms with van der Waals surface area (Å²) in [7, 11) is 0. The molecule has 0 saturated carbocycles. The fourth-order valence-electron chi connectivity index (χ4n) is 1.90. The van der Waals surface area contributed by atoms with Gasteiger partial charge < -0.3 is 20.8 Å². The van der Waals surface area contributed by atoms with Gasteiger partial charge in [-0.3, -0.25) is 0 Å². The van der Waals surface area contributed by atoms with Gasteiger partial charge in [0.15, 0.2) is 0 Å². The molecule has 0 aromatic heterocycles. The lowest BCUT2D eigenvalue weighted by Crippen LogP contribution is -2.29. The molecule has 1 unspecified atom stereocenters. The first kappa shape index (κ1) is 18.2. The summed E-state index contributed by atoms with van der Waals surface area (Å²) in [5.74, 6) is 0. The number of hydrogen-bond donors (Lipinski definition) is 3. The lowest BCUT2D eigenvalue weighted by molar-refractivity contribution is 0.281. The fraction of sp³-hybridized carbons (Fsp3) is 0.571. The van der Waals surface area contributed by atoms with E-state index in [-0.39, 0.29) is 31.7 Å².